The molecule has 0 atom stereocenters. The van der Waals surface area contributed by atoms with Gasteiger partial charge in [0.2, 0.25) is 0 Å². The fourth-order valence-electron chi connectivity index (χ4n) is 2.39. The highest BCUT2D eigenvalue weighted by Crippen LogP contribution is 2.29. The number of likely N-dealkylation sites (tertiary alicyclic amines) is 1. The number of aliphatic hydroxyl groups excluding tert-OH is 1. The van der Waals surface area contributed by atoms with Crippen molar-refractivity contribution in [2.24, 2.45) is 5.92 Å². The van der Waals surface area contributed by atoms with E-state index in [2.05, 4.69) is 5.32 Å². The maximum Gasteiger partial charge on any atom is 0.416 e. The fourth-order valence-corrected chi connectivity index (χ4v) is 2.39. The van der Waals surface area contributed by atoms with Crippen LogP contribution in [0.25, 0.3) is 0 Å². The van der Waals surface area contributed by atoms with E-state index in [1.165, 1.54) is 4.90 Å². The van der Waals surface area contributed by atoms with Gasteiger partial charge in [-0.05, 0) is 43.0 Å². The lowest BCUT2D eigenvalue weighted by Gasteiger charge is -2.30. The number of amides is 2. The second-order valence-electron chi connectivity index (χ2n) is 5.45. The number of hydrogen-bond donors (Lipinski definition) is 2. The Hall–Kier alpha value is -2.09. The van der Waals surface area contributed by atoms with Crippen LogP contribution in [0.4, 0.5) is 18.9 Å². The third kappa shape index (κ3) is 4.44. The molecule has 1 fully saturated rings. The lowest BCUT2D eigenvalue weighted by molar-refractivity contribution is -0.144. The largest absolute Gasteiger partial charge is 0.416 e. The summed E-state index contributed by atoms with van der Waals surface area (Å²) in [7, 11) is 0. The minimum absolute atomic E-state index is 0.0553. The number of nitrogens with zero attached hydrogens (tertiary/aromatic N) is 1. The zero-order valence-corrected chi connectivity index (χ0v) is 12.3. The molecule has 0 spiro atoms. The number of halogens is 3. The summed E-state index contributed by atoms with van der Waals surface area (Å²) in [6, 6.07) is 3.89. The number of rotatable bonds is 2. The molecule has 1 aliphatic rings. The molecular formula is C15H17F3N2O3. The zero-order valence-electron chi connectivity index (χ0n) is 12.3. The van der Waals surface area contributed by atoms with Gasteiger partial charge in [-0.2, -0.15) is 13.2 Å². The van der Waals surface area contributed by atoms with Crippen molar-refractivity contribution in [3.8, 4) is 0 Å². The lowest BCUT2D eigenvalue weighted by Crippen LogP contribution is -2.44. The summed E-state index contributed by atoms with van der Waals surface area (Å²) < 4.78 is 37.3. The maximum atomic E-state index is 12.4. The van der Waals surface area contributed by atoms with Gasteiger partial charge in [0.15, 0.2) is 0 Å². The molecule has 0 aromatic heterocycles. The molecular weight excluding hydrogens is 313 g/mol. The number of carbonyl (C=O) groups is 2. The molecule has 2 amide bonds. The predicted octanol–water partition coefficient (Wildman–Crippen LogP) is 1.87. The number of hydrogen-bond acceptors (Lipinski definition) is 3. The smallest absolute Gasteiger partial charge is 0.396 e. The second-order valence-corrected chi connectivity index (χ2v) is 5.45. The molecule has 1 aromatic rings. The molecule has 1 aromatic carbocycles. The molecule has 1 heterocycles. The topological polar surface area (TPSA) is 69.6 Å². The molecule has 2 N–H and O–H groups in total. The van der Waals surface area contributed by atoms with Crippen molar-refractivity contribution in [1.29, 1.82) is 0 Å². The van der Waals surface area contributed by atoms with Gasteiger partial charge in [-0.15, -0.1) is 0 Å². The van der Waals surface area contributed by atoms with Crippen LogP contribution < -0.4 is 5.32 Å². The van der Waals surface area contributed by atoms with Crippen LogP contribution in [0.1, 0.15) is 18.4 Å². The zero-order chi connectivity index (χ0) is 17.0. The van der Waals surface area contributed by atoms with Crippen LogP contribution in [0.2, 0.25) is 0 Å². The van der Waals surface area contributed by atoms with Crippen molar-refractivity contribution in [1.82, 2.24) is 4.90 Å². The van der Waals surface area contributed by atoms with Crippen LogP contribution in [0, 0.1) is 5.92 Å². The molecule has 0 bridgehead atoms. The van der Waals surface area contributed by atoms with Crippen LogP contribution in [-0.2, 0) is 15.8 Å². The molecule has 23 heavy (non-hydrogen) atoms. The monoisotopic (exact) mass is 330 g/mol. The predicted molar refractivity (Wildman–Crippen MR) is 76.5 cm³/mol. The third-order valence-electron chi connectivity index (χ3n) is 3.82. The lowest BCUT2D eigenvalue weighted by atomic mass is 9.98. The van der Waals surface area contributed by atoms with E-state index < -0.39 is 23.6 Å². The van der Waals surface area contributed by atoms with Gasteiger partial charge in [-0.1, -0.05) is 0 Å². The van der Waals surface area contributed by atoms with Crippen molar-refractivity contribution < 1.29 is 27.9 Å². The normalized spacial score (nSPS) is 16.3. The third-order valence-corrected chi connectivity index (χ3v) is 3.82. The summed E-state index contributed by atoms with van der Waals surface area (Å²) in [6.45, 7) is 0.814. The number of carbonyl (C=O) groups excluding carboxylic acids is 2. The summed E-state index contributed by atoms with van der Waals surface area (Å²) in [5.74, 6) is -1.47. The van der Waals surface area contributed by atoms with E-state index in [1.807, 2.05) is 0 Å². The Labute approximate surface area is 131 Å². The SMILES string of the molecule is O=C(Nc1ccc(C(F)(F)F)cc1)C(=O)N1CCC(CO)CC1. The molecule has 0 unspecified atom stereocenters. The van der Waals surface area contributed by atoms with Crippen molar-refractivity contribution in [3.05, 3.63) is 29.8 Å². The molecule has 5 nitrogen and oxygen atoms in total. The minimum atomic E-state index is -4.45. The van der Waals surface area contributed by atoms with Crippen LogP contribution in [0.15, 0.2) is 24.3 Å². The quantitative estimate of drug-likeness (QED) is 0.814. The Morgan fingerprint density at radius 1 is 1.17 bits per heavy atom. The minimum Gasteiger partial charge on any atom is -0.396 e. The Balaban J connectivity index is 1.92. The number of piperidine rings is 1. The van der Waals surface area contributed by atoms with E-state index >= 15 is 0 Å². The highest BCUT2D eigenvalue weighted by molar-refractivity contribution is 6.39. The molecule has 126 valence electrons. The van der Waals surface area contributed by atoms with Crippen molar-refractivity contribution >= 4 is 17.5 Å². The first-order valence-electron chi connectivity index (χ1n) is 7.19. The van der Waals surface area contributed by atoms with E-state index in [9.17, 15) is 22.8 Å². The molecule has 1 saturated heterocycles. The highest BCUT2D eigenvalue weighted by Gasteiger charge is 2.30. The molecule has 1 aliphatic heterocycles. The van der Waals surface area contributed by atoms with Gasteiger partial charge >= 0.3 is 18.0 Å². The summed E-state index contributed by atoms with van der Waals surface area (Å²) >= 11 is 0. The summed E-state index contributed by atoms with van der Waals surface area (Å²) in [5.41, 5.74) is -0.700. The summed E-state index contributed by atoms with van der Waals surface area (Å²) in [4.78, 5) is 25.2. The van der Waals surface area contributed by atoms with E-state index in [0.29, 0.717) is 25.9 Å². The first kappa shape index (κ1) is 17.3. The Morgan fingerprint density at radius 3 is 2.22 bits per heavy atom. The second kappa shape index (κ2) is 6.99. The van der Waals surface area contributed by atoms with Crippen molar-refractivity contribution in [2.75, 3.05) is 25.0 Å². The fraction of sp³-hybridized carbons (Fsp3) is 0.467. The standard InChI is InChI=1S/C15H17F3N2O3/c16-15(17,18)11-1-3-12(4-2-11)19-13(22)14(23)20-7-5-10(9-21)6-8-20/h1-4,10,21H,5-9H2,(H,19,22). The Bertz CT molecular complexity index is 564. The molecule has 0 saturated carbocycles. The van der Waals surface area contributed by atoms with Crippen LogP contribution in [-0.4, -0.2) is 41.5 Å². The van der Waals surface area contributed by atoms with Gasteiger partial charge in [-0.25, -0.2) is 0 Å². The van der Waals surface area contributed by atoms with Crippen LogP contribution in [0.5, 0.6) is 0 Å². The van der Waals surface area contributed by atoms with Gasteiger partial charge in [0.25, 0.3) is 0 Å². The van der Waals surface area contributed by atoms with Crippen molar-refractivity contribution in [2.45, 2.75) is 19.0 Å². The average molecular weight is 330 g/mol. The maximum absolute atomic E-state index is 12.4. The van der Waals surface area contributed by atoms with Gasteiger partial charge in [0, 0.05) is 25.4 Å². The van der Waals surface area contributed by atoms with Gasteiger partial charge < -0.3 is 15.3 Å². The number of nitrogens with one attached hydrogen (secondary N) is 1. The number of benzene rings is 1. The van der Waals surface area contributed by atoms with Crippen LogP contribution >= 0.6 is 0 Å². The molecule has 2 rings (SSSR count). The van der Waals surface area contributed by atoms with Gasteiger partial charge in [0.05, 0.1) is 5.56 Å². The molecule has 8 heteroatoms. The molecule has 0 radical (unpaired) electrons. The van der Waals surface area contributed by atoms with E-state index in [0.717, 1.165) is 24.3 Å². The number of alkyl halides is 3. The van der Waals surface area contributed by atoms with Crippen LogP contribution in [0.3, 0.4) is 0 Å². The summed E-state index contributed by atoms with van der Waals surface area (Å²) in [6.07, 6.45) is -3.21. The first-order valence-corrected chi connectivity index (χ1v) is 7.19. The number of aliphatic hydroxyl groups is 1. The average Bonchev–Trinajstić information content (AvgIpc) is 2.54. The van der Waals surface area contributed by atoms with Crippen molar-refractivity contribution in [3.63, 3.8) is 0 Å². The van der Waals surface area contributed by atoms with Gasteiger partial charge in [0.1, 0.15) is 0 Å². The van der Waals surface area contributed by atoms with E-state index in [1.54, 1.807) is 0 Å². The van der Waals surface area contributed by atoms with Gasteiger partial charge in [-0.3, -0.25) is 9.59 Å². The Morgan fingerprint density at radius 2 is 1.74 bits per heavy atom. The molecule has 0 aliphatic carbocycles. The summed E-state index contributed by atoms with van der Waals surface area (Å²) in [5, 5.41) is 11.3. The highest BCUT2D eigenvalue weighted by atomic mass is 19.4. The van der Waals surface area contributed by atoms with E-state index in [-0.39, 0.29) is 18.2 Å². The first-order chi connectivity index (χ1) is 10.8. The number of anilines is 1. The van der Waals surface area contributed by atoms with E-state index in [4.69, 9.17) is 5.11 Å². The Kier molecular flexibility index (Phi) is 5.25.